The van der Waals surface area contributed by atoms with Crippen LogP contribution in [0.3, 0.4) is 0 Å². The molecule has 1 fully saturated rings. The number of nitrogens with two attached hydrogens (primary N) is 1. The summed E-state index contributed by atoms with van der Waals surface area (Å²) >= 11 is 3.59. The van der Waals surface area contributed by atoms with Gasteiger partial charge in [0.2, 0.25) is 5.95 Å². The van der Waals surface area contributed by atoms with Gasteiger partial charge in [-0.3, -0.25) is 0 Å². The van der Waals surface area contributed by atoms with Crippen molar-refractivity contribution in [2.24, 2.45) is 5.41 Å². The summed E-state index contributed by atoms with van der Waals surface area (Å²) in [5, 5.41) is 0.919. The minimum absolute atomic E-state index is 0.413. The normalized spacial score (nSPS) is 18.2. The Morgan fingerprint density at radius 1 is 1.19 bits per heavy atom. The van der Waals surface area contributed by atoms with E-state index in [0.29, 0.717) is 11.2 Å². The predicted molar refractivity (Wildman–Crippen MR) is 91.6 cm³/mol. The molecular weight excluding hydrogens is 328 g/mol. The van der Waals surface area contributed by atoms with Crippen LogP contribution in [0.15, 0.2) is 16.6 Å². The molecule has 3 rings (SSSR count). The molecule has 1 aliphatic heterocycles. The Morgan fingerprint density at radius 2 is 1.86 bits per heavy atom. The molecule has 2 heterocycles. The number of piperidine rings is 1. The summed E-state index contributed by atoms with van der Waals surface area (Å²) in [5.74, 6) is 1.31. The highest BCUT2D eigenvalue weighted by Gasteiger charge is 2.27. The van der Waals surface area contributed by atoms with Crippen LogP contribution in [0, 0.1) is 12.3 Å². The molecule has 2 aromatic rings. The Kier molecular flexibility index (Phi) is 3.56. The minimum Gasteiger partial charge on any atom is -0.383 e. The fourth-order valence-electron chi connectivity index (χ4n) is 2.79. The van der Waals surface area contributed by atoms with Gasteiger partial charge in [0.15, 0.2) is 0 Å². The van der Waals surface area contributed by atoms with E-state index >= 15 is 0 Å². The summed E-state index contributed by atoms with van der Waals surface area (Å²) in [5.41, 5.74) is 8.62. The molecule has 1 aliphatic rings. The van der Waals surface area contributed by atoms with E-state index in [-0.39, 0.29) is 0 Å². The van der Waals surface area contributed by atoms with Crippen LogP contribution in [0.4, 0.5) is 11.8 Å². The molecule has 1 aromatic carbocycles. The smallest absolute Gasteiger partial charge is 0.227 e. The maximum atomic E-state index is 6.16. The van der Waals surface area contributed by atoms with Crippen LogP contribution in [-0.4, -0.2) is 23.1 Å². The van der Waals surface area contributed by atoms with Crippen LogP contribution in [-0.2, 0) is 0 Å². The van der Waals surface area contributed by atoms with E-state index in [0.717, 1.165) is 52.8 Å². The molecule has 0 radical (unpaired) electrons. The summed E-state index contributed by atoms with van der Waals surface area (Å²) in [6.07, 6.45) is 2.31. The molecule has 0 spiro atoms. The van der Waals surface area contributed by atoms with E-state index in [1.807, 2.05) is 13.0 Å². The zero-order chi connectivity index (χ0) is 15.2. The number of fused-ring (bicyclic) bond motifs is 1. The lowest BCUT2D eigenvalue weighted by Crippen LogP contribution is -2.38. The van der Waals surface area contributed by atoms with Crippen LogP contribution in [0.25, 0.3) is 10.9 Å². The highest BCUT2D eigenvalue weighted by molar-refractivity contribution is 9.10. The number of nitrogens with zero attached hydrogens (tertiary/aromatic N) is 3. The van der Waals surface area contributed by atoms with Crippen molar-refractivity contribution in [1.82, 2.24) is 9.97 Å². The molecule has 4 nitrogen and oxygen atoms in total. The maximum Gasteiger partial charge on any atom is 0.227 e. The third-order valence-electron chi connectivity index (χ3n) is 4.32. The number of benzene rings is 1. The Balaban J connectivity index is 2.01. The van der Waals surface area contributed by atoms with Gasteiger partial charge in [-0.1, -0.05) is 13.8 Å². The van der Waals surface area contributed by atoms with Gasteiger partial charge < -0.3 is 10.6 Å². The number of rotatable bonds is 1. The monoisotopic (exact) mass is 348 g/mol. The molecule has 2 N–H and O–H groups in total. The van der Waals surface area contributed by atoms with Gasteiger partial charge in [0.1, 0.15) is 5.82 Å². The molecule has 0 unspecified atom stereocenters. The fraction of sp³-hybridized carbons (Fsp3) is 0.500. The average Bonchev–Trinajstić information content (AvgIpc) is 2.40. The van der Waals surface area contributed by atoms with Gasteiger partial charge in [0.25, 0.3) is 0 Å². The fourth-order valence-corrected chi connectivity index (χ4v) is 3.45. The van der Waals surface area contributed by atoms with Gasteiger partial charge in [-0.2, -0.15) is 4.98 Å². The summed E-state index contributed by atoms with van der Waals surface area (Å²) < 4.78 is 0.977. The van der Waals surface area contributed by atoms with E-state index in [4.69, 9.17) is 10.7 Å². The molecule has 112 valence electrons. The zero-order valence-electron chi connectivity index (χ0n) is 12.8. The first-order chi connectivity index (χ1) is 9.85. The Labute approximate surface area is 133 Å². The Hall–Kier alpha value is -1.36. The summed E-state index contributed by atoms with van der Waals surface area (Å²) in [6, 6.07) is 4.11. The molecule has 0 atom stereocenters. The standard InChI is InChI=1S/C16H21BrN4/c1-10-8-11-13(12(17)9-10)19-15(20-14(11)18)21-6-4-16(2,3)5-7-21/h8-9H,4-7H2,1-3H3,(H2,18,19,20). The van der Waals surface area contributed by atoms with Gasteiger partial charge >= 0.3 is 0 Å². The van der Waals surface area contributed by atoms with Crippen LogP contribution in [0.5, 0.6) is 0 Å². The van der Waals surface area contributed by atoms with E-state index < -0.39 is 0 Å². The van der Waals surface area contributed by atoms with Gasteiger partial charge in [-0.25, -0.2) is 4.98 Å². The van der Waals surface area contributed by atoms with Gasteiger partial charge in [0.05, 0.1) is 5.52 Å². The highest BCUT2D eigenvalue weighted by Crippen LogP contribution is 2.33. The number of hydrogen-bond acceptors (Lipinski definition) is 4. The summed E-state index contributed by atoms with van der Waals surface area (Å²) in [4.78, 5) is 11.5. The average molecular weight is 349 g/mol. The van der Waals surface area contributed by atoms with Crippen molar-refractivity contribution in [3.8, 4) is 0 Å². The maximum absolute atomic E-state index is 6.16. The van der Waals surface area contributed by atoms with Crippen molar-refractivity contribution in [3.05, 3.63) is 22.2 Å². The lowest BCUT2D eigenvalue weighted by atomic mass is 9.83. The predicted octanol–water partition coefficient (Wildman–Crippen LogP) is 3.91. The quantitative estimate of drug-likeness (QED) is 0.848. The second-order valence-electron chi connectivity index (χ2n) is 6.70. The van der Waals surface area contributed by atoms with Crippen LogP contribution < -0.4 is 10.6 Å². The van der Waals surface area contributed by atoms with E-state index in [1.54, 1.807) is 0 Å². The molecular formula is C16H21BrN4. The lowest BCUT2D eigenvalue weighted by molar-refractivity contribution is 0.278. The second kappa shape index (κ2) is 5.13. The number of hydrogen-bond donors (Lipinski definition) is 1. The number of halogens is 1. The first-order valence-corrected chi connectivity index (χ1v) is 8.13. The summed E-state index contributed by atoms with van der Waals surface area (Å²) in [6.45, 7) is 8.66. The Bertz CT molecular complexity index is 686. The number of nitrogen functional groups attached to an aromatic ring is 1. The summed E-state index contributed by atoms with van der Waals surface area (Å²) in [7, 11) is 0. The zero-order valence-corrected chi connectivity index (χ0v) is 14.4. The van der Waals surface area contributed by atoms with Crippen molar-refractivity contribution in [1.29, 1.82) is 0 Å². The number of aromatic nitrogens is 2. The molecule has 0 bridgehead atoms. The van der Waals surface area contributed by atoms with E-state index in [2.05, 4.69) is 45.7 Å². The third kappa shape index (κ3) is 2.84. The number of anilines is 2. The minimum atomic E-state index is 0.413. The largest absolute Gasteiger partial charge is 0.383 e. The lowest BCUT2D eigenvalue weighted by Gasteiger charge is -2.37. The molecule has 1 saturated heterocycles. The van der Waals surface area contributed by atoms with Crippen molar-refractivity contribution in [2.45, 2.75) is 33.6 Å². The van der Waals surface area contributed by atoms with Crippen molar-refractivity contribution in [3.63, 3.8) is 0 Å². The van der Waals surface area contributed by atoms with Crippen LogP contribution in [0.1, 0.15) is 32.3 Å². The van der Waals surface area contributed by atoms with Gasteiger partial charge in [-0.15, -0.1) is 0 Å². The van der Waals surface area contributed by atoms with E-state index in [1.165, 1.54) is 0 Å². The Morgan fingerprint density at radius 3 is 2.52 bits per heavy atom. The first kappa shape index (κ1) is 14.6. The molecule has 5 heteroatoms. The third-order valence-corrected chi connectivity index (χ3v) is 4.92. The number of aryl methyl sites for hydroxylation is 1. The van der Waals surface area contributed by atoms with Crippen molar-refractivity contribution >= 4 is 38.6 Å². The molecule has 0 aliphatic carbocycles. The van der Waals surface area contributed by atoms with Gasteiger partial charge in [-0.05, 0) is 58.8 Å². The molecule has 0 saturated carbocycles. The molecule has 1 aromatic heterocycles. The first-order valence-electron chi connectivity index (χ1n) is 7.34. The SMILES string of the molecule is Cc1cc(Br)c2nc(N3CCC(C)(C)CC3)nc(N)c2c1. The van der Waals surface area contributed by atoms with Crippen LogP contribution in [0.2, 0.25) is 0 Å². The van der Waals surface area contributed by atoms with Gasteiger partial charge in [0, 0.05) is 22.9 Å². The van der Waals surface area contributed by atoms with Crippen molar-refractivity contribution in [2.75, 3.05) is 23.7 Å². The van der Waals surface area contributed by atoms with E-state index in [9.17, 15) is 0 Å². The molecule has 21 heavy (non-hydrogen) atoms. The van der Waals surface area contributed by atoms with Crippen LogP contribution >= 0.6 is 15.9 Å². The molecule has 0 amide bonds. The second-order valence-corrected chi connectivity index (χ2v) is 7.56. The highest BCUT2D eigenvalue weighted by atomic mass is 79.9. The topological polar surface area (TPSA) is 55.0 Å². The van der Waals surface area contributed by atoms with Crippen molar-refractivity contribution < 1.29 is 0 Å².